The van der Waals surface area contributed by atoms with Gasteiger partial charge in [-0.15, -0.1) is 0 Å². The lowest BCUT2D eigenvalue weighted by Gasteiger charge is -2.35. The highest BCUT2D eigenvalue weighted by molar-refractivity contribution is 7.09. The molecule has 1 aromatic carbocycles. The standard InChI is InChI=1S/C17H22N4OS/c1-2-4-15(5-3-1)16-18-17(23-19-16)21-9-7-20(8-10-21)12-14-6-11-22-13-14/h1-5,14H,6-13H2. The van der Waals surface area contributed by atoms with Crippen molar-refractivity contribution in [3.05, 3.63) is 30.3 Å². The van der Waals surface area contributed by atoms with Crippen molar-refractivity contribution in [2.75, 3.05) is 50.8 Å². The van der Waals surface area contributed by atoms with Crippen LogP contribution in [0.4, 0.5) is 5.13 Å². The first-order valence-electron chi connectivity index (χ1n) is 8.33. The molecular weight excluding hydrogens is 308 g/mol. The largest absolute Gasteiger partial charge is 0.381 e. The maximum atomic E-state index is 5.48. The van der Waals surface area contributed by atoms with Crippen LogP contribution in [-0.2, 0) is 4.74 Å². The third-order valence-corrected chi connectivity index (χ3v) is 5.41. The summed E-state index contributed by atoms with van der Waals surface area (Å²) in [6.07, 6.45) is 1.22. The summed E-state index contributed by atoms with van der Waals surface area (Å²) in [4.78, 5) is 9.66. The zero-order valence-corrected chi connectivity index (χ0v) is 14.0. The lowest BCUT2D eigenvalue weighted by molar-refractivity contribution is 0.164. The molecule has 0 amide bonds. The second-order valence-electron chi connectivity index (χ2n) is 6.28. The fourth-order valence-corrected chi connectivity index (χ4v) is 4.00. The van der Waals surface area contributed by atoms with Gasteiger partial charge in [-0.25, -0.2) is 0 Å². The first-order chi connectivity index (χ1) is 11.4. The van der Waals surface area contributed by atoms with E-state index in [0.717, 1.165) is 61.8 Å². The number of piperazine rings is 1. The highest BCUT2D eigenvalue weighted by Gasteiger charge is 2.24. The number of nitrogens with zero attached hydrogens (tertiary/aromatic N) is 4. The minimum absolute atomic E-state index is 0.729. The van der Waals surface area contributed by atoms with Gasteiger partial charge in [-0.3, -0.25) is 4.90 Å². The van der Waals surface area contributed by atoms with Crippen molar-refractivity contribution in [2.45, 2.75) is 6.42 Å². The van der Waals surface area contributed by atoms with E-state index in [2.05, 4.69) is 26.3 Å². The van der Waals surface area contributed by atoms with Crippen molar-refractivity contribution >= 4 is 16.7 Å². The third kappa shape index (κ3) is 3.54. The van der Waals surface area contributed by atoms with E-state index in [0.29, 0.717) is 0 Å². The van der Waals surface area contributed by atoms with Crippen LogP contribution in [0.3, 0.4) is 0 Å². The molecule has 2 aliphatic rings. The van der Waals surface area contributed by atoms with Crippen molar-refractivity contribution in [3.8, 4) is 11.4 Å². The van der Waals surface area contributed by atoms with Crippen molar-refractivity contribution < 1.29 is 4.74 Å². The summed E-state index contributed by atoms with van der Waals surface area (Å²) < 4.78 is 10.0. The molecule has 0 aliphatic carbocycles. The maximum Gasteiger partial charge on any atom is 0.205 e. The van der Waals surface area contributed by atoms with Crippen LogP contribution < -0.4 is 4.90 Å². The second kappa shape index (κ2) is 6.95. The van der Waals surface area contributed by atoms with Crippen molar-refractivity contribution in [2.24, 2.45) is 5.92 Å². The Bertz CT molecular complexity index is 619. The van der Waals surface area contributed by atoms with E-state index in [1.165, 1.54) is 24.5 Å². The number of ether oxygens (including phenoxy) is 1. The Labute approximate surface area is 141 Å². The topological polar surface area (TPSA) is 41.5 Å². The smallest absolute Gasteiger partial charge is 0.205 e. The van der Waals surface area contributed by atoms with E-state index >= 15 is 0 Å². The van der Waals surface area contributed by atoms with Gasteiger partial charge in [0, 0.05) is 56.4 Å². The fourth-order valence-electron chi connectivity index (χ4n) is 3.26. The number of rotatable bonds is 4. The predicted octanol–water partition coefficient (Wildman–Crippen LogP) is 2.36. The van der Waals surface area contributed by atoms with E-state index in [1.54, 1.807) is 0 Å². The summed E-state index contributed by atoms with van der Waals surface area (Å²) in [5.41, 5.74) is 1.09. The minimum Gasteiger partial charge on any atom is -0.381 e. The molecule has 2 fully saturated rings. The van der Waals surface area contributed by atoms with Crippen LogP contribution in [0, 0.1) is 5.92 Å². The van der Waals surface area contributed by atoms with Gasteiger partial charge in [0.25, 0.3) is 0 Å². The van der Waals surface area contributed by atoms with Gasteiger partial charge < -0.3 is 9.64 Å². The molecule has 0 radical (unpaired) electrons. The fraction of sp³-hybridized carbons (Fsp3) is 0.529. The Morgan fingerprint density at radius 3 is 2.70 bits per heavy atom. The summed E-state index contributed by atoms with van der Waals surface area (Å²) in [6.45, 7) is 7.36. The van der Waals surface area contributed by atoms with E-state index in [1.807, 2.05) is 18.2 Å². The monoisotopic (exact) mass is 330 g/mol. The van der Waals surface area contributed by atoms with Gasteiger partial charge in [0.05, 0.1) is 6.61 Å². The average molecular weight is 330 g/mol. The van der Waals surface area contributed by atoms with Gasteiger partial charge in [-0.2, -0.15) is 9.36 Å². The number of anilines is 1. The van der Waals surface area contributed by atoms with Crippen molar-refractivity contribution in [1.82, 2.24) is 14.3 Å². The number of hydrogen-bond donors (Lipinski definition) is 0. The van der Waals surface area contributed by atoms with Crippen LogP contribution in [-0.4, -0.2) is 60.2 Å². The molecule has 1 atom stereocenters. The molecule has 2 aromatic rings. The molecule has 4 rings (SSSR count). The van der Waals surface area contributed by atoms with E-state index < -0.39 is 0 Å². The molecular formula is C17H22N4OS. The maximum absolute atomic E-state index is 5.48. The lowest BCUT2D eigenvalue weighted by atomic mass is 10.1. The minimum atomic E-state index is 0.729. The molecule has 122 valence electrons. The zero-order valence-electron chi connectivity index (χ0n) is 13.2. The molecule has 0 saturated carbocycles. The van der Waals surface area contributed by atoms with Gasteiger partial charge in [0.2, 0.25) is 5.13 Å². The molecule has 23 heavy (non-hydrogen) atoms. The zero-order chi connectivity index (χ0) is 15.5. The molecule has 0 spiro atoms. The Balaban J connectivity index is 1.34. The SMILES string of the molecule is c1ccc(-c2nsc(N3CCN(CC4CCOC4)CC3)n2)cc1. The molecule has 0 N–H and O–H groups in total. The molecule has 0 bridgehead atoms. The number of aromatic nitrogens is 2. The van der Waals surface area contributed by atoms with E-state index in [9.17, 15) is 0 Å². The van der Waals surface area contributed by atoms with Crippen molar-refractivity contribution in [1.29, 1.82) is 0 Å². The van der Waals surface area contributed by atoms with Gasteiger partial charge in [0.15, 0.2) is 5.82 Å². The Hall–Kier alpha value is -1.50. The summed E-state index contributed by atoms with van der Waals surface area (Å²) >= 11 is 1.51. The van der Waals surface area contributed by atoms with Crippen LogP contribution >= 0.6 is 11.5 Å². The quantitative estimate of drug-likeness (QED) is 0.861. The summed E-state index contributed by atoms with van der Waals surface area (Å²) in [5, 5.41) is 1.05. The number of hydrogen-bond acceptors (Lipinski definition) is 6. The molecule has 2 aliphatic heterocycles. The Morgan fingerprint density at radius 1 is 1.13 bits per heavy atom. The van der Waals surface area contributed by atoms with Crippen LogP contribution in [0.2, 0.25) is 0 Å². The van der Waals surface area contributed by atoms with E-state index in [-0.39, 0.29) is 0 Å². The lowest BCUT2D eigenvalue weighted by Crippen LogP contribution is -2.47. The summed E-state index contributed by atoms with van der Waals surface area (Å²) in [5.74, 6) is 1.57. The Kier molecular flexibility index (Phi) is 4.55. The molecule has 5 nitrogen and oxygen atoms in total. The van der Waals surface area contributed by atoms with E-state index in [4.69, 9.17) is 9.72 Å². The highest BCUT2D eigenvalue weighted by atomic mass is 32.1. The number of benzene rings is 1. The third-order valence-electron chi connectivity index (χ3n) is 4.63. The first kappa shape index (κ1) is 15.1. The summed E-state index contributed by atoms with van der Waals surface area (Å²) in [7, 11) is 0. The van der Waals surface area contributed by atoms with Gasteiger partial charge in [-0.1, -0.05) is 30.3 Å². The van der Waals surface area contributed by atoms with Crippen LogP contribution in [0.25, 0.3) is 11.4 Å². The molecule has 3 heterocycles. The summed E-state index contributed by atoms with van der Waals surface area (Å²) in [6, 6.07) is 10.2. The van der Waals surface area contributed by atoms with Crippen LogP contribution in [0.1, 0.15) is 6.42 Å². The molecule has 1 unspecified atom stereocenters. The normalized spacial score (nSPS) is 22.6. The molecule has 6 heteroatoms. The van der Waals surface area contributed by atoms with Gasteiger partial charge >= 0.3 is 0 Å². The average Bonchev–Trinajstić information content (AvgIpc) is 3.28. The van der Waals surface area contributed by atoms with Gasteiger partial charge in [-0.05, 0) is 12.3 Å². The van der Waals surface area contributed by atoms with Gasteiger partial charge in [0.1, 0.15) is 0 Å². The second-order valence-corrected chi connectivity index (χ2v) is 7.01. The van der Waals surface area contributed by atoms with Crippen LogP contribution in [0.5, 0.6) is 0 Å². The predicted molar refractivity (Wildman–Crippen MR) is 92.9 cm³/mol. The highest BCUT2D eigenvalue weighted by Crippen LogP contribution is 2.25. The van der Waals surface area contributed by atoms with Crippen molar-refractivity contribution in [3.63, 3.8) is 0 Å². The molecule has 1 aromatic heterocycles. The molecule has 2 saturated heterocycles. The van der Waals surface area contributed by atoms with Crippen LogP contribution in [0.15, 0.2) is 30.3 Å². The first-order valence-corrected chi connectivity index (χ1v) is 9.10. The Morgan fingerprint density at radius 2 is 1.96 bits per heavy atom.